The molecule has 78 valence electrons. The first kappa shape index (κ1) is 10.9. The van der Waals surface area contributed by atoms with Crippen molar-refractivity contribution in [2.24, 2.45) is 0 Å². The third kappa shape index (κ3) is 2.01. The second-order valence-corrected chi connectivity index (χ2v) is 4.67. The molecule has 0 saturated heterocycles. The second-order valence-electron chi connectivity index (χ2n) is 3.25. The second kappa shape index (κ2) is 4.49. The first-order valence-corrected chi connectivity index (χ1v) is 6.50. The van der Waals surface area contributed by atoms with E-state index in [2.05, 4.69) is 43.9 Å². The molecule has 0 aliphatic rings. The zero-order valence-corrected chi connectivity index (χ0v) is 11.4. The van der Waals surface area contributed by atoms with Crippen LogP contribution in [0.15, 0.2) is 34.9 Å². The van der Waals surface area contributed by atoms with Crippen LogP contribution in [0.2, 0.25) is 0 Å². The highest BCUT2D eigenvalue weighted by Gasteiger charge is 2.08. The molecule has 0 aliphatic heterocycles. The van der Waals surface area contributed by atoms with Crippen molar-refractivity contribution in [1.29, 1.82) is 0 Å². The smallest absolute Gasteiger partial charge is 0.0790 e. The van der Waals surface area contributed by atoms with Crippen LogP contribution in [0.3, 0.4) is 0 Å². The van der Waals surface area contributed by atoms with Crippen LogP contribution in [0.25, 0.3) is 5.69 Å². The highest BCUT2D eigenvalue weighted by molar-refractivity contribution is 9.10. The van der Waals surface area contributed by atoms with Gasteiger partial charge >= 0.3 is 0 Å². The van der Waals surface area contributed by atoms with E-state index in [0.29, 0.717) is 0 Å². The Bertz CT molecular complexity index is 477. The van der Waals surface area contributed by atoms with E-state index in [4.69, 9.17) is 0 Å². The fourth-order valence-corrected chi connectivity index (χ4v) is 2.44. The fraction of sp³-hybridized carbons (Fsp3) is 0.182. The lowest BCUT2D eigenvalue weighted by molar-refractivity contribution is 0.842. The van der Waals surface area contributed by atoms with E-state index < -0.39 is 0 Å². The Hall–Kier alpha value is -0.610. The van der Waals surface area contributed by atoms with Gasteiger partial charge in [-0.3, -0.25) is 0 Å². The van der Waals surface area contributed by atoms with E-state index in [1.165, 1.54) is 11.3 Å². The van der Waals surface area contributed by atoms with Crippen LogP contribution in [0.1, 0.15) is 11.3 Å². The zero-order chi connectivity index (χ0) is 10.8. The molecule has 1 heterocycles. The Labute approximate surface area is 106 Å². The lowest BCUT2D eigenvalue weighted by atomic mass is 10.3. The monoisotopic (exact) mass is 328 g/mol. The minimum Gasteiger partial charge on any atom is -0.237 e. The third-order valence-corrected chi connectivity index (χ3v) is 3.61. The van der Waals surface area contributed by atoms with Crippen molar-refractivity contribution < 1.29 is 0 Å². The van der Waals surface area contributed by atoms with Crippen LogP contribution < -0.4 is 0 Å². The van der Waals surface area contributed by atoms with Crippen molar-refractivity contribution in [3.8, 4) is 5.69 Å². The molecule has 2 rings (SSSR count). The van der Waals surface area contributed by atoms with Crippen LogP contribution in [0.5, 0.6) is 0 Å². The Morgan fingerprint density at radius 3 is 2.67 bits per heavy atom. The maximum absolute atomic E-state index is 4.37. The Kier molecular flexibility index (Phi) is 3.26. The van der Waals surface area contributed by atoms with Gasteiger partial charge in [-0.15, -0.1) is 0 Å². The van der Waals surface area contributed by atoms with Crippen LogP contribution in [0, 0.1) is 6.92 Å². The molecule has 0 radical (unpaired) electrons. The summed E-state index contributed by atoms with van der Waals surface area (Å²) >= 11 is 6.97. The van der Waals surface area contributed by atoms with Crippen LogP contribution in [-0.4, -0.2) is 9.78 Å². The van der Waals surface area contributed by atoms with Gasteiger partial charge in [-0.25, -0.2) is 4.68 Å². The lowest BCUT2D eigenvalue weighted by Crippen LogP contribution is -1.99. The minimum atomic E-state index is 0.837. The number of benzene rings is 1. The molecule has 2 aromatic rings. The van der Waals surface area contributed by atoms with Gasteiger partial charge in [-0.1, -0.05) is 28.1 Å². The summed E-state index contributed by atoms with van der Waals surface area (Å²) < 4.78 is 3.00. The average molecular weight is 330 g/mol. The van der Waals surface area contributed by atoms with Gasteiger partial charge in [0.15, 0.2) is 0 Å². The summed E-state index contributed by atoms with van der Waals surface area (Å²) in [4.78, 5) is 0. The molecule has 0 atom stereocenters. The molecule has 15 heavy (non-hydrogen) atoms. The van der Waals surface area contributed by atoms with Crippen molar-refractivity contribution in [2.75, 3.05) is 0 Å². The quantitative estimate of drug-likeness (QED) is 0.765. The molecule has 0 aliphatic carbocycles. The summed E-state index contributed by atoms with van der Waals surface area (Å²) in [6.45, 7) is 2.07. The summed E-state index contributed by atoms with van der Waals surface area (Å²) in [7, 11) is 0. The number of hydrogen-bond acceptors (Lipinski definition) is 1. The molecular weight excluding hydrogens is 320 g/mol. The summed E-state index contributed by atoms with van der Waals surface area (Å²) in [6.07, 6.45) is 1.89. The van der Waals surface area contributed by atoms with Crippen LogP contribution in [0.4, 0.5) is 0 Å². The molecule has 1 aromatic heterocycles. The number of aromatic nitrogens is 2. The molecule has 0 fully saturated rings. The third-order valence-electron chi connectivity index (χ3n) is 2.34. The van der Waals surface area contributed by atoms with Gasteiger partial charge in [0.05, 0.1) is 11.9 Å². The van der Waals surface area contributed by atoms with E-state index in [-0.39, 0.29) is 0 Å². The Balaban J connectivity index is 2.55. The summed E-state index contributed by atoms with van der Waals surface area (Å²) in [5.74, 6) is 0. The van der Waals surface area contributed by atoms with E-state index >= 15 is 0 Å². The fourth-order valence-electron chi connectivity index (χ4n) is 1.44. The summed E-state index contributed by atoms with van der Waals surface area (Å²) in [5.41, 5.74) is 3.45. The Morgan fingerprint density at radius 1 is 1.33 bits per heavy atom. The molecule has 0 spiro atoms. The van der Waals surface area contributed by atoms with Gasteiger partial charge in [-0.05, 0) is 35.0 Å². The van der Waals surface area contributed by atoms with E-state index in [9.17, 15) is 0 Å². The van der Waals surface area contributed by atoms with Gasteiger partial charge in [0.2, 0.25) is 0 Å². The topological polar surface area (TPSA) is 17.8 Å². The maximum Gasteiger partial charge on any atom is 0.0790 e. The highest BCUT2D eigenvalue weighted by Crippen LogP contribution is 2.23. The average Bonchev–Trinajstić information content (AvgIpc) is 2.60. The molecular formula is C11H10Br2N2. The normalized spacial score (nSPS) is 10.6. The van der Waals surface area contributed by atoms with Crippen molar-refractivity contribution >= 4 is 31.9 Å². The predicted octanol–water partition coefficient (Wildman–Crippen LogP) is 3.84. The molecule has 0 unspecified atom stereocenters. The molecule has 1 aromatic carbocycles. The van der Waals surface area contributed by atoms with Crippen molar-refractivity contribution in [3.63, 3.8) is 0 Å². The number of rotatable bonds is 2. The predicted molar refractivity (Wildman–Crippen MR) is 68.6 cm³/mol. The van der Waals surface area contributed by atoms with Gasteiger partial charge in [0.25, 0.3) is 0 Å². The zero-order valence-electron chi connectivity index (χ0n) is 8.24. The molecule has 0 amide bonds. The van der Waals surface area contributed by atoms with Crippen LogP contribution >= 0.6 is 31.9 Å². The van der Waals surface area contributed by atoms with E-state index in [1.54, 1.807) is 0 Å². The Morgan fingerprint density at radius 2 is 2.07 bits per heavy atom. The largest absolute Gasteiger partial charge is 0.237 e. The number of alkyl halides is 1. The van der Waals surface area contributed by atoms with Gasteiger partial charge in [-0.2, -0.15) is 5.10 Å². The highest BCUT2D eigenvalue weighted by atomic mass is 79.9. The summed E-state index contributed by atoms with van der Waals surface area (Å²) in [5, 5.41) is 5.21. The van der Waals surface area contributed by atoms with Gasteiger partial charge in [0.1, 0.15) is 0 Å². The molecule has 0 bridgehead atoms. The number of halogens is 2. The van der Waals surface area contributed by atoms with Crippen molar-refractivity contribution in [3.05, 3.63) is 46.2 Å². The van der Waals surface area contributed by atoms with Crippen LogP contribution in [-0.2, 0) is 5.33 Å². The van der Waals surface area contributed by atoms with Gasteiger partial charge < -0.3 is 0 Å². The van der Waals surface area contributed by atoms with Crippen molar-refractivity contribution in [1.82, 2.24) is 9.78 Å². The van der Waals surface area contributed by atoms with E-state index in [1.807, 2.05) is 35.1 Å². The standard InChI is InChI=1S/C11H10Br2N2/c1-8-9(6-12)7-14-15(8)11-5-3-2-4-10(11)13/h2-5,7H,6H2,1H3. The minimum absolute atomic E-state index is 0.837. The number of nitrogens with zero attached hydrogens (tertiary/aromatic N) is 2. The number of hydrogen-bond donors (Lipinski definition) is 0. The van der Waals surface area contributed by atoms with Gasteiger partial charge in [0, 0.05) is 21.1 Å². The molecule has 0 saturated carbocycles. The first-order valence-electron chi connectivity index (χ1n) is 4.58. The van der Waals surface area contributed by atoms with Crippen molar-refractivity contribution in [2.45, 2.75) is 12.3 Å². The molecule has 4 heteroatoms. The van der Waals surface area contributed by atoms with E-state index in [0.717, 1.165) is 15.5 Å². The molecule has 2 nitrogen and oxygen atoms in total. The first-order chi connectivity index (χ1) is 7.24. The summed E-state index contributed by atoms with van der Waals surface area (Å²) in [6, 6.07) is 8.07. The lowest BCUT2D eigenvalue weighted by Gasteiger charge is -2.06. The number of para-hydroxylation sites is 1. The molecule has 0 N–H and O–H groups in total. The maximum atomic E-state index is 4.37. The SMILES string of the molecule is Cc1c(CBr)cnn1-c1ccccc1Br.